The molecule has 1 aliphatic rings. The van der Waals surface area contributed by atoms with Crippen LogP contribution in [0.3, 0.4) is 0 Å². The molecule has 0 bridgehead atoms. The first-order valence-electron chi connectivity index (χ1n) is 5.14. The van der Waals surface area contributed by atoms with Gasteiger partial charge in [0, 0.05) is 6.42 Å². The molecule has 0 radical (unpaired) electrons. The number of hydrogen-bond donors (Lipinski definition) is 0. The third-order valence-electron chi connectivity index (χ3n) is 2.32. The molecule has 1 atom stereocenters. The molecule has 76 valence electrons. The minimum atomic E-state index is 0.237. The maximum atomic E-state index is 5.56. The second kappa shape index (κ2) is 4.01. The average Bonchev–Trinajstić information content (AvgIpc) is 2.04. The summed E-state index contributed by atoms with van der Waals surface area (Å²) in [4.78, 5) is 0. The van der Waals surface area contributed by atoms with Gasteiger partial charge >= 0.3 is 0 Å². The second-order valence-electron chi connectivity index (χ2n) is 3.88. The zero-order valence-corrected chi connectivity index (χ0v) is 8.69. The first-order valence-corrected chi connectivity index (χ1v) is 5.14. The van der Waals surface area contributed by atoms with Crippen LogP contribution >= 0.6 is 0 Å². The van der Waals surface area contributed by atoms with E-state index in [1.54, 1.807) is 0 Å². The van der Waals surface area contributed by atoms with Gasteiger partial charge in [-0.25, -0.2) is 0 Å². The van der Waals surface area contributed by atoms with Crippen LogP contribution in [-0.2, 0) is 4.74 Å². The zero-order valence-electron chi connectivity index (χ0n) is 8.69. The zero-order chi connectivity index (χ0) is 9.97. The summed E-state index contributed by atoms with van der Waals surface area (Å²) in [7, 11) is 0. The lowest BCUT2D eigenvalue weighted by molar-refractivity contribution is -0.0527. The lowest BCUT2D eigenvalue weighted by Gasteiger charge is -2.26. The Bertz CT molecular complexity index is 286. The van der Waals surface area contributed by atoms with Crippen LogP contribution in [0.1, 0.15) is 31.9 Å². The Morgan fingerprint density at radius 2 is 1.93 bits per heavy atom. The van der Waals surface area contributed by atoms with Gasteiger partial charge in [0.2, 0.25) is 0 Å². The molecule has 0 N–H and O–H groups in total. The van der Waals surface area contributed by atoms with Crippen molar-refractivity contribution < 1.29 is 9.47 Å². The van der Waals surface area contributed by atoms with Crippen molar-refractivity contribution in [2.45, 2.75) is 32.5 Å². The van der Waals surface area contributed by atoms with Crippen molar-refractivity contribution in [1.29, 1.82) is 0 Å². The van der Waals surface area contributed by atoms with Crippen LogP contribution in [0.25, 0.3) is 0 Å². The molecular weight excluding hydrogens is 176 g/mol. The van der Waals surface area contributed by atoms with E-state index in [4.69, 9.17) is 9.47 Å². The molecule has 1 aliphatic heterocycles. The lowest BCUT2D eigenvalue weighted by Crippen LogP contribution is -2.18. The summed E-state index contributed by atoms with van der Waals surface area (Å²) >= 11 is 0. The molecular formula is C12H16O2. The van der Waals surface area contributed by atoms with Gasteiger partial charge in [-0.2, -0.15) is 0 Å². The Morgan fingerprint density at radius 1 is 1.29 bits per heavy atom. The minimum Gasteiger partial charge on any atom is -0.491 e. The van der Waals surface area contributed by atoms with Gasteiger partial charge in [-0.1, -0.05) is 12.1 Å². The monoisotopic (exact) mass is 192 g/mol. The third kappa shape index (κ3) is 2.07. The van der Waals surface area contributed by atoms with E-state index >= 15 is 0 Å². The number of ether oxygens (including phenoxy) is 2. The van der Waals surface area contributed by atoms with Crippen molar-refractivity contribution in [3.05, 3.63) is 29.8 Å². The largest absolute Gasteiger partial charge is 0.491 e. The van der Waals surface area contributed by atoms with E-state index < -0.39 is 0 Å². The van der Waals surface area contributed by atoms with Crippen molar-refractivity contribution in [1.82, 2.24) is 0 Å². The fraction of sp³-hybridized carbons (Fsp3) is 0.500. The van der Waals surface area contributed by atoms with Gasteiger partial charge in [0.25, 0.3) is 0 Å². The van der Waals surface area contributed by atoms with Gasteiger partial charge in [0.05, 0.1) is 18.8 Å². The van der Waals surface area contributed by atoms with Crippen molar-refractivity contribution >= 4 is 0 Å². The van der Waals surface area contributed by atoms with Crippen LogP contribution in [-0.4, -0.2) is 12.7 Å². The van der Waals surface area contributed by atoms with Crippen LogP contribution < -0.4 is 4.74 Å². The Labute approximate surface area is 84.8 Å². The topological polar surface area (TPSA) is 18.5 Å². The molecule has 1 unspecified atom stereocenters. The van der Waals surface area contributed by atoms with E-state index in [1.807, 2.05) is 26.0 Å². The number of rotatable bonds is 3. The Kier molecular flexibility index (Phi) is 2.73. The van der Waals surface area contributed by atoms with Gasteiger partial charge in [0.1, 0.15) is 5.75 Å². The highest BCUT2D eigenvalue weighted by Crippen LogP contribution is 2.30. The summed E-state index contributed by atoms with van der Waals surface area (Å²) in [6.45, 7) is 4.96. The molecule has 0 aliphatic carbocycles. The summed E-state index contributed by atoms with van der Waals surface area (Å²) in [5, 5.41) is 0. The SMILES string of the molecule is CC(C)Oc1ccc(C2CCO2)cc1. The fourth-order valence-corrected chi connectivity index (χ4v) is 1.53. The highest BCUT2D eigenvalue weighted by atomic mass is 16.5. The normalized spacial score (nSPS) is 20.6. The molecule has 0 amide bonds. The maximum absolute atomic E-state index is 5.56. The van der Waals surface area contributed by atoms with Crippen molar-refractivity contribution in [3.8, 4) is 5.75 Å². The van der Waals surface area contributed by atoms with Gasteiger partial charge < -0.3 is 9.47 Å². The van der Waals surface area contributed by atoms with Gasteiger partial charge in [-0.15, -0.1) is 0 Å². The van der Waals surface area contributed by atoms with Crippen LogP contribution in [0.15, 0.2) is 24.3 Å². The molecule has 0 saturated carbocycles. The molecule has 2 heteroatoms. The van der Waals surface area contributed by atoms with Gasteiger partial charge in [0.15, 0.2) is 0 Å². The van der Waals surface area contributed by atoms with E-state index in [-0.39, 0.29) is 6.10 Å². The predicted octanol–water partition coefficient (Wildman–Crippen LogP) is 2.94. The molecule has 1 saturated heterocycles. The van der Waals surface area contributed by atoms with E-state index in [0.717, 1.165) is 18.8 Å². The van der Waals surface area contributed by atoms with Crippen molar-refractivity contribution in [3.63, 3.8) is 0 Å². The fourth-order valence-electron chi connectivity index (χ4n) is 1.53. The lowest BCUT2D eigenvalue weighted by atomic mass is 10.0. The number of hydrogen-bond acceptors (Lipinski definition) is 2. The molecule has 2 nitrogen and oxygen atoms in total. The van der Waals surface area contributed by atoms with Crippen LogP contribution in [0, 0.1) is 0 Å². The Morgan fingerprint density at radius 3 is 2.36 bits per heavy atom. The summed E-state index contributed by atoms with van der Waals surface area (Å²) in [5.74, 6) is 0.933. The summed E-state index contributed by atoms with van der Waals surface area (Å²) in [6.07, 6.45) is 1.70. The quantitative estimate of drug-likeness (QED) is 0.733. The van der Waals surface area contributed by atoms with E-state index in [9.17, 15) is 0 Å². The van der Waals surface area contributed by atoms with Crippen molar-refractivity contribution in [2.75, 3.05) is 6.61 Å². The van der Waals surface area contributed by atoms with E-state index in [0.29, 0.717) is 6.10 Å². The standard InChI is InChI=1S/C12H16O2/c1-9(2)14-11-5-3-10(4-6-11)12-7-8-13-12/h3-6,9,12H,7-8H2,1-2H3. The van der Waals surface area contributed by atoms with E-state index in [1.165, 1.54) is 5.56 Å². The summed E-state index contributed by atoms with van der Waals surface area (Å²) in [6, 6.07) is 8.19. The Hall–Kier alpha value is -1.02. The first-order chi connectivity index (χ1) is 6.75. The van der Waals surface area contributed by atoms with Gasteiger partial charge in [-0.3, -0.25) is 0 Å². The van der Waals surface area contributed by atoms with E-state index in [2.05, 4.69) is 12.1 Å². The van der Waals surface area contributed by atoms with Crippen LogP contribution in [0.4, 0.5) is 0 Å². The molecule has 1 aromatic rings. The molecule has 1 fully saturated rings. The maximum Gasteiger partial charge on any atom is 0.119 e. The van der Waals surface area contributed by atoms with Crippen molar-refractivity contribution in [2.24, 2.45) is 0 Å². The summed E-state index contributed by atoms with van der Waals surface area (Å²) in [5.41, 5.74) is 1.26. The second-order valence-corrected chi connectivity index (χ2v) is 3.88. The molecule has 0 aromatic heterocycles. The molecule has 1 heterocycles. The molecule has 1 aromatic carbocycles. The summed E-state index contributed by atoms with van der Waals surface area (Å²) < 4.78 is 11.0. The molecule has 2 rings (SSSR count). The number of benzene rings is 1. The van der Waals surface area contributed by atoms with Gasteiger partial charge in [-0.05, 0) is 31.5 Å². The predicted molar refractivity (Wildman–Crippen MR) is 55.5 cm³/mol. The minimum absolute atomic E-state index is 0.237. The van der Waals surface area contributed by atoms with Crippen LogP contribution in [0.5, 0.6) is 5.75 Å². The molecule has 14 heavy (non-hydrogen) atoms. The average molecular weight is 192 g/mol. The highest BCUT2D eigenvalue weighted by Gasteiger charge is 2.19. The highest BCUT2D eigenvalue weighted by molar-refractivity contribution is 5.29. The molecule has 0 spiro atoms. The smallest absolute Gasteiger partial charge is 0.119 e. The van der Waals surface area contributed by atoms with Crippen LogP contribution in [0.2, 0.25) is 0 Å². The Balaban J connectivity index is 2.02. The third-order valence-corrected chi connectivity index (χ3v) is 2.32. The first kappa shape index (κ1) is 9.53.